The molecule has 1 heterocycles. The molecule has 1 fully saturated rings. The monoisotopic (exact) mass is 248 g/mol. The molecule has 0 saturated carbocycles. The standard InChI is InChI=1S/C15H24N2O/c1-3-14-10-7-11-17(14)16(2)15(12-18)13-8-5-4-6-9-13/h4-6,8-9,14-15,18H,3,7,10-12H2,1-2H3/t14-,15-/m0/s1. The van der Waals surface area contributed by atoms with Crippen molar-refractivity contribution in [2.75, 3.05) is 20.2 Å². The van der Waals surface area contributed by atoms with Gasteiger partial charge in [-0.15, -0.1) is 0 Å². The fourth-order valence-electron chi connectivity index (χ4n) is 2.94. The maximum Gasteiger partial charge on any atom is 0.0723 e. The van der Waals surface area contributed by atoms with Crippen LogP contribution in [0.1, 0.15) is 37.8 Å². The van der Waals surface area contributed by atoms with E-state index in [1.807, 2.05) is 18.2 Å². The van der Waals surface area contributed by atoms with Gasteiger partial charge < -0.3 is 5.11 Å². The number of nitrogens with zero attached hydrogens (tertiary/aromatic N) is 2. The smallest absolute Gasteiger partial charge is 0.0723 e. The maximum atomic E-state index is 9.70. The molecule has 100 valence electrons. The lowest BCUT2D eigenvalue weighted by molar-refractivity contribution is -0.0652. The van der Waals surface area contributed by atoms with Gasteiger partial charge in [0.25, 0.3) is 0 Å². The minimum atomic E-state index is 0.0679. The van der Waals surface area contributed by atoms with Crippen LogP contribution in [-0.4, -0.2) is 41.4 Å². The molecule has 1 aliphatic heterocycles. The van der Waals surface area contributed by atoms with Gasteiger partial charge >= 0.3 is 0 Å². The van der Waals surface area contributed by atoms with Crippen molar-refractivity contribution in [1.82, 2.24) is 10.0 Å². The van der Waals surface area contributed by atoms with Crippen molar-refractivity contribution in [1.29, 1.82) is 0 Å². The average Bonchev–Trinajstić information content (AvgIpc) is 2.89. The molecule has 2 rings (SSSR count). The van der Waals surface area contributed by atoms with Gasteiger partial charge in [-0.2, -0.15) is 0 Å². The number of aliphatic hydroxyl groups is 1. The number of aliphatic hydroxyl groups excluding tert-OH is 1. The lowest BCUT2D eigenvalue weighted by Crippen LogP contribution is -2.45. The zero-order valence-electron chi connectivity index (χ0n) is 11.4. The summed E-state index contributed by atoms with van der Waals surface area (Å²) in [5.41, 5.74) is 1.18. The number of hydrazine groups is 1. The van der Waals surface area contributed by atoms with E-state index in [9.17, 15) is 5.11 Å². The molecule has 0 bridgehead atoms. The third-order valence-corrected chi connectivity index (χ3v) is 4.03. The Bertz CT molecular complexity index is 355. The van der Waals surface area contributed by atoms with Gasteiger partial charge in [0.05, 0.1) is 12.6 Å². The molecule has 1 saturated heterocycles. The Morgan fingerprint density at radius 3 is 2.72 bits per heavy atom. The number of hydrogen-bond donors (Lipinski definition) is 1. The second kappa shape index (κ2) is 6.32. The topological polar surface area (TPSA) is 26.7 Å². The minimum Gasteiger partial charge on any atom is -0.394 e. The Hall–Kier alpha value is -0.900. The SMILES string of the molecule is CC[C@H]1CCCN1N(C)[C@@H](CO)c1ccccc1. The number of rotatable bonds is 5. The Kier molecular flexibility index (Phi) is 4.75. The lowest BCUT2D eigenvalue weighted by Gasteiger charge is -2.38. The summed E-state index contributed by atoms with van der Waals surface area (Å²) in [5.74, 6) is 0. The second-order valence-electron chi connectivity index (χ2n) is 5.05. The molecular weight excluding hydrogens is 224 g/mol. The molecule has 0 radical (unpaired) electrons. The highest BCUT2D eigenvalue weighted by Gasteiger charge is 2.30. The second-order valence-corrected chi connectivity index (χ2v) is 5.05. The van der Waals surface area contributed by atoms with E-state index in [1.165, 1.54) is 24.8 Å². The van der Waals surface area contributed by atoms with Gasteiger partial charge in [-0.1, -0.05) is 37.3 Å². The van der Waals surface area contributed by atoms with E-state index in [2.05, 4.69) is 36.1 Å². The molecule has 0 amide bonds. The molecular formula is C15H24N2O. The van der Waals surface area contributed by atoms with E-state index >= 15 is 0 Å². The molecule has 2 atom stereocenters. The molecule has 1 aromatic rings. The number of benzene rings is 1. The summed E-state index contributed by atoms with van der Waals surface area (Å²) in [4.78, 5) is 0. The van der Waals surface area contributed by atoms with Crippen molar-refractivity contribution in [3.05, 3.63) is 35.9 Å². The number of hydrogen-bond acceptors (Lipinski definition) is 3. The molecule has 0 unspecified atom stereocenters. The Morgan fingerprint density at radius 1 is 1.39 bits per heavy atom. The minimum absolute atomic E-state index is 0.0679. The van der Waals surface area contributed by atoms with Crippen LogP contribution in [0.15, 0.2) is 30.3 Å². The van der Waals surface area contributed by atoms with Crippen molar-refractivity contribution in [3.8, 4) is 0 Å². The summed E-state index contributed by atoms with van der Waals surface area (Å²) >= 11 is 0. The van der Waals surface area contributed by atoms with Crippen LogP contribution >= 0.6 is 0 Å². The highest BCUT2D eigenvalue weighted by Crippen LogP contribution is 2.27. The summed E-state index contributed by atoms with van der Waals surface area (Å²) in [6.45, 7) is 3.51. The van der Waals surface area contributed by atoms with Gasteiger partial charge in [0.15, 0.2) is 0 Å². The van der Waals surface area contributed by atoms with Crippen LogP contribution < -0.4 is 0 Å². The molecule has 0 aromatic heterocycles. The molecule has 3 nitrogen and oxygen atoms in total. The molecule has 3 heteroatoms. The lowest BCUT2D eigenvalue weighted by atomic mass is 10.1. The van der Waals surface area contributed by atoms with Gasteiger partial charge in [-0.05, 0) is 24.8 Å². The van der Waals surface area contributed by atoms with Crippen LogP contribution in [0.3, 0.4) is 0 Å². The molecule has 18 heavy (non-hydrogen) atoms. The van der Waals surface area contributed by atoms with E-state index in [4.69, 9.17) is 0 Å². The van der Waals surface area contributed by atoms with Crippen molar-refractivity contribution in [3.63, 3.8) is 0 Å². The van der Waals surface area contributed by atoms with Crippen molar-refractivity contribution in [2.45, 2.75) is 38.3 Å². The average molecular weight is 248 g/mol. The van der Waals surface area contributed by atoms with Gasteiger partial charge in [0.1, 0.15) is 0 Å². The van der Waals surface area contributed by atoms with Crippen LogP contribution in [0, 0.1) is 0 Å². The fourth-order valence-corrected chi connectivity index (χ4v) is 2.94. The molecule has 1 N–H and O–H groups in total. The zero-order chi connectivity index (χ0) is 13.0. The summed E-state index contributed by atoms with van der Waals surface area (Å²) in [6, 6.07) is 11.0. The summed E-state index contributed by atoms with van der Waals surface area (Å²) in [5, 5.41) is 14.4. The molecule has 0 aliphatic carbocycles. The van der Waals surface area contributed by atoms with E-state index < -0.39 is 0 Å². The first-order valence-electron chi connectivity index (χ1n) is 6.93. The van der Waals surface area contributed by atoms with Crippen molar-refractivity contribution >= 4 is 0 Å². The molecule has 1 aliphatic rings. The van der Waals surface area contributed by atoms with Gasteiger partial charge in [-0.25, -0.2) is 10.0 Å². The predicted molar refractivity (Wildman–Crippen MR) is 74.1 cm³/mol. The van der Waals surface area contributed by atoms with E-state index in [0.29, 0.717) is 6.04 Å². The maximum absolute atomic E-state index is 9.70. The highest BCUT2D eigenvalue weighted by molar-refractivity contribution is 5.18. The van der Waals surface area contributed by atoms with Gasteiger partial charge in [-0.3, -0.25) is 0 Å². The van der Waals surface area contributed by atoms with E-state index in [1.54, 1.807) is 0 Å². The van der Waals surface area contributed by atoms with Crippen LogP contribution in [-0.2, 0) is 0 Å². The predicted octanol–water partition coefficient (Wildman–Crippen LogP) is 2.44. The Balaban J connectivity index is 2.12. The van der Waals surface area contributed by atoms with Crippen LogP contribution in [0.4, 0.5) is 0 Å². The third kappa shape index (κ3) is 2.74. The van der Waals surface area contributed by atoms with Gasteiger partial charge in [0, 0.05) is 19.6 Å². The van der Waals surface area contributed by atoms with Crippen LogP contribution in [0.2, 0.25) is 0 Å². The highest BCUT2D eigenvalue weighted by atomic mass is 16.3. The largest absolute Gasteiger partial charge is 0.394 e. The summed E-state index contributed by atoms with van der Waals surface area (Å²) in [7, 11) is 2.10. The molecule has 1 aromatic carbocycles. The first-order valence-corrected chi connectivity index (χ1v) is 6.93. The fraction of sp³-hybridized carbons (Fsp3) is 0.600. The van der Waals surface area contributed by atoms with Crippen LogP contribution in [0.5, 0.6) is 0 Å². The molecule has 0 spiro atoms. The summed E-state index contributed by atoms with van der Waals surface area (Å²) < 4.78 is 0. The first-order chi connectivity index (χ1) is 8.77. The third-order valence-electron chi connectivity index (χ3n) is 4.03. The normalized spacial score (nSPS) is 22.6. The quantitative estimate of drug-likeness (QED) is 0.867. The Morgan fingerprint density at radius 2 is 2.11 bits per heavy atom. The van der Waals surface area contributed by atoms with Gasteiger partial charge in [0.2, 0.25) is 0 Å². The zero-order valence-corrected chi connectivity index (χ0v) is 11.4. The van der Waals surface area contributed by atoms with E-state index in [-0.39, 0.29) is 12.6 Å². The van der Waals surface area contributed by atoms with Crippen molar-refractivity contribution < 1.29 is 5.11 Å². The van der Waals surface area contributed by atoms with Crippen molar-refractivity contribution in [2.24, 2.45) is 0 Å². The van der Waals surface area contributed by atoms with Crippen LogP contribution in [0.25, 0.3) is 0 Å². The first kappa shape index (κ1) is 13.5. The van der Waals surface area contributed by atoms with E-state index in [0.717, 1.165) is 6.54 Å². The number of likely N-dealkylation sites (N-methyl/N-ethyl adjacent to an activating group) is 1. The Labute approximate surface area is 110 Å². The summed E-state index contributed by atoms with van der Waals surface area (Å²) in [6.07, 6.45) is 3.71.